The topological polar surface area (TPSA) is 68.0 Å². The highest BCUT2D eigenvalue weighted by atomic mass is 32.2. The van der Waals surface area contributed by atoms with E-state index in [4.69, 9.17) is 4.42 Å². The van der Waals surface area contributed by atoms with Gasteiger partial charge in [-0.3, -0.25) is 4.79 Å². The van der Waals surface area contributed by atoms with Gasteiger partial charge in [-0.1, -0.05) is 30.0 Å². The van der Waals surface area contributed by atoms with Gasteiger partial charge in [0.05, 0.1) is 11.8 Å². The largest absolute Gasteiger partial charge is 0.469 e. The third kappa shape index (κ3) is 4.00. The first-order chi connectivity index (χ1) is 11.3. The summed E-state index contributed by atoms with van der Waals surface area (Å²) in [5.41, 5.74) is 3.05. The molecule has 0 fully saturated rings. The first kappa shape index (κ1) is 15.8. The number of aryl methyl sites for hydroxylation is 1. The number of nitrogens with zero attached hydrogens (tertiary/aromatic N) is 2. The van der Waals surface area contributed by atoms with E-state index in [1.54, 1.807) is 29.6 Å². The molecule has 118 valence electrons. The molecule has 0 bridgehead atoms. The number of benzene rings is 1. The van der Waals surface area contributed by atoms with E-state index in [0.717, 1.165) is 33.5 Å². The lowest BCUT2D eigenvalue weighted by molar-refractivity contribution is 0.102. The van der Waals surface area contributed by atoms with Crippen molar-refractivity contribution >= 4 is 34.7 Å². The summed E-state index contributed by atoms with van der Waals surface area (Å²) in [6.07, 6.45) is 3.25. The predicted molar refractivity (Wildman–Crippen MR) is 91.1 cm³/mol. The van der Waals surface area contributed by atoms with Gasteiger partial charge < -0.3 is 9.73 Å². The zero-order chi connectivity index (χ0) is 16.1. The molecule has 2 heterocycles. The van der Waals surface area contributed by atoms with Gasteiger partial charge in [-0.25, -0.2) is 0 Å². The second kappa shape index (κ2) is 7.43. The molecule has 3 aromatic rings. The van der Waals surface area contributed by atoms with Gasteiger partial charge >= 0.3 is 0 Å². The molecule has 3 rings (SSSR count). The van der Waals surface area contributed by atoms with E-state index >= 15 is 0 Å². The van der Waals surface area contributed by atoms with E-state index < -0.39 is 0 Å². The van der Waals surface area contributed by atoms with Crippen LogP contribution in [0, 0.1) is 0 Å². The summed E-state index contributed by atoms with van der Waals surface area (Å²) in [6, 6.07) is 9.36. The van der Waals surface area contributed by atoms with E-state index in [0.29, 0.717) is 5.56 Å². The second-order valence-electron chi connectivity index (χ2n) is 4.79. The number of hydrogen-bond donors (Lipinski definition) is 1. The number of nitrogens with one attached hydrogen (secondary N) is 1. The summed E-state index contributed by atoms with van der Waals surface area (Å²) in [5, 5.41) is 10.7. The molecule has 0 radical (unpaired) electrons. The van der Waals surface area contributed by atoms with E-state index in [1.807, 2.05) is 24.3 Å². The highest BCUT2D eigenvalue weighted by molar-refractivity contribution is 8.01. The maximum absolute atomic E-state index is 12.3. The summed E-state index contributed by atoms with van der Waals surface area (Å²) in [6.45, 7) is 2.05. The van der Waals surface area contributed by atoms with Crippen molar-refractivity contribution in [1.82, 2.24) is 10.2 Å². The van der Waals surface area contributed by atoms with Gasteiger partial charge in [0.25, 0.3) is 5.91 Å². The summed E-state index contributed by atoms with van der Waals surface area (Å²) in [4.78, 5) is 13.4. The number of furan rings is 1. The highest BCUT2D eigenvalue weighted by Crippen LogP contribution is 2.29. The number of amides is 1. The SMILES string of the molecule is CCCc1occc1C(=O)Nc1ccc(Sc2nncs2)cc1. The second-order valence-corrected chi connectivity index (χ2v) is 6.95. The Morgan fingerprint density at radius 3 is 2.83 bits per heavy atom. The van der Waals surface area contributed by atoms with Crippen LogP contribution in [0.3, 0.4) is 0 Å². The van der Waals surface area contributed by atoms with Crippen molar-refractivity contribution in [2.45, 2.75) is 29.0 Å². The van der Waals surface area contributed by atoms with Crippen molar-refractivity contribution < 1.29 is 9.21 Å². The zero-order valence-electron chi connectivity index (χ0n) is 12.5. The molecule has 0 aliphatic carbocycles. The Hall–Kier alpha value is -2.12. The zero-order valence-corrected chi connectivity index (χ0v) is 14.1. The number of anilines is 1. The van der Waals surface area contributed by atoms with Gasteiger partial charge in [0, 0.05) is 17.0 Å². The number of hydrogen-bond acceptors (Lipinski definition) is 6. The van der Waals surface area contributed by atoms with E-state index in [-0.39, 0.29) is 5.91 Å². The Bertz CT molecular complexity index is 767. The standard InChI is InChI=1S/C16H15N3O2S2/c1-2-3-14-13(8-9-21-14)15(20)18-11-4-6-12(7-5-11)23-16-19-17-10-22-16/h4-10H,2-3H2,1H3,(H,18,20). The average Bonchev–Trinajstić information content (AvgIpc) is 3.21. The molecule has 2 aromatic heterocycles. The van der Waals surface area contributed by atoms with Crippen molar-refractivity contribution in [3.63, 3.8) is 0 Å². The summed E-state index contributed by atoms with van der Waals surface area (Å²) >= 11 is 3.04. The van der Waals surface area contributed by atoms with Gasteiger partial charge in [-0.05, 0) is 36.8 Å². The molecule has 1 amide bonds. The number of aromatic nitrogens is 2. The lowest BCUT2D eigenvalue weighted by Gasteiger charge is -2.06. The van der Waals surface area contributed by atoms with Crippen molar-refractivity contribution in [1.29, 1.82) is 0 Å². The summed E-state index contributed by atoms with van der Waals surface area (Å²) < 4.78 is 6.26. The van der Waals surface area contributed by atoms with Gasteiger partial charge in [-0.15, -0.1) is 10.2 Å². The van der Waals surface area contributed by atoms with Crippen LogP contribution in [0.15, 0.2) is 55.8 Å². The Labute approximate surface area is 142 Å². The molecular formula is C16H15N3O2S2. The molecule has 5 nitrogen and oxygen atoms in total. The molecule has 0 saturated carbocycles. The Morgan fingerprint density at radius 1 is 1.30 bits per heavy atom. The van der Waals surface area contributed by atoms with Crippen LogP contribution in [0.25, 0.3) is 0 Å². The fourth-order valence-corrected chi connectivity index (χ4v) is 3.53. The molecule has 0 aliphatic rings. The van der Waals surface area contributed by atoms with Crippen molar-refractivity contribution in [3.8, 4) is 0 Å². The molecule has 23 heavy (non-hydrogen) atoms. The van der Waals surface area contributed by atoms with Crippen LogP contribution in [0.5, 0.6) is 0 Å². The molecule has 0 aliphatic heterocycles. The third-order valence-corrected chi connectivity index (χ3v) is 4.91. The fourth-order valence-electron chi connectivity index (χ4n) is 2.08. The Morgan fingerprint density at radius 2 is 2.13 bits per heavy atom. The van der Waals surface area contributed by atoms with Gasteiger partial charge in [0.1, 0.15) is 11.3 Å². The van der Waals surface area contributed by atoms with Crippen molar-refractivity contribution in [3.05, 3.63) is 53.4 Å². The van der Waals surface area contributed by atoms with Crippen LogP contribution in [0.2, 0.25) is 0 Å². The molecule has 1 N–H and O–H groups in total. The first-order valence-corrected chi connectivity index (χ1v) is 8.87. The minimum Gasteiger partial charge on any atom is -0.469 e. The van der Waals surface area contributed by atoms with E-state index in [9.17, 15) is 4.79 Å². The molecular weight excluding hydrogens is 330 g/mol. The minimum absolute atomic E-state index is 0.147. The van der Waals surface area contributed by atoms with Gasteiger partial charge in [-0.2, -0.15) is 0 Å². The van der Waals surface area contributed by atoms with Crippen molar-refractivity contribution in [2.24, 2.45) is 0 Å². The summed E-state index contributed by atoms with van der Waals surface area (Å²) in [7, 11) is 0. The summed E-state index contributed by atoms with van der Waals surface area (Å²) in [5.74, 6) is 0.583. The molecule has 0 atom stereocenters. The minimum atomic E-state index is -0.147. The van der Waals surface area contributed by atoms with Crippen LogP contribution in [0.4, 0.5) is 5.69 Å². The quantitative estimate of drug-likeness (QED) is 0.713. The monoisotopic (exact) mass is 345 g/mol. The number of carbonyl (C=O) groups is 1. The maximum atomic E-state index is 12.3. The molecule has 0 spiro atoms. The fraction of sp³-hybridized carbons (Fsp3) is 0.188. The number of rotatable bonds is 6. The van der Waals surface area contributed by atoms with Crippen LogP contribution in [0.1, 0.15) is 29.5 Å². The third-order valence-electron chi connectivity index (χ3n) is 3.12. The number of carbonyl (C=O) groups excluding carboxylic acids is 1. The normalized spacial score (nSPS) is 10.7. The van der Waals surface area contributed by atoms with Crippen LogP contribution in [-0.4, -0.2) is 16.1 Å². The molecule has 0 saturated heterocycles. The van der Waals surface area contributed by atoms with Crippen LogP contribution in [-0.2, 0) is 6.42 Å². The highest BCUT2D eigenvalue weighted by Gasteiger charge is 2.14. The lowest BCUT2D eigenvalue weighted by atomic mass is 10.1. The smallest absolute Gasteiger partial charge is 0.259 e. The predicted octanol–water partition coefficient (Wildman–Crippen LogP) is 4.49. The molecule has 0 unspecified atom stereocenters. The lowest BCUT2D eigenvalue weighted by Crippen LogP contribution is -2.12. The van der Waals surface area contributed by atoms with Crippen molar-refractivity contribution in [2.75, 3.05) is 5.32 Å². The van der Waals surface area contributed by atoms with E-state index in [2.05, 4.69) is 22.4 Å². The first-order valence-electron chi connectivity index (χ1n) is 7.18. The van der Waals surface area contributed by atoms with Crippen LogP contribution < -0.4 is 5.32 Å². The molecule has 7 heteroatoms. The van der Waals surface area contributed by atoms with Gasteiger partial charge in [0.15, 0.2) is 4.34 Å². The Kier molecular flexibility index (Phi) is 5.09. The van der Waals surface area contributed by atoms with Crippen LogP contribution >= 0.6 is 23.1 Å². The van der Waals surface area contributed by atoms with Gasteiger partial charge in [0.2, 0.25) is 0 Å². The maximum Gasteiger partial charge on any atom is 0.259 e. The Balaban J connectivity index is 1.65. The molecule has 1 aromatic carbocycles. The van der Waals surface area contributed by atoms with E-state index in [1.165, 1.54) is 11.3 Å². The average molecular weight is 345 g/mol.